The van der Waals surface area contributed by atoms with Crippen LogP contribution in [0.5, 0.6) is 0 Å². The summed E-state index contributed by atoms with van der Waals surface area (Å²) in [6, 6.07) is 20.7. The van der Waals surface area contributed by atoms with Gasteiger partial charge in [0.25, 0.3) is 0 Å². The van der Waals surface area contributed by atoms with Gasteiger partial charge in [-0.3, -0.25) is 0 Å². The maximum atomic E-state index is 13.1. The minimum atomic E-state index is -0.622. The van der Waals surface area contributed by atoms with Crippen molar-refractivity contribution in [2.45, 2.75) is 12.3 Å². The highest BCUT2D eigenvalue weighted by Crippen LogP contribution is 2.49. The minimum Gasteiger partial charge on any atom is -0.313 e. The molecule has 146 valence electrons. The Balaban J connectivity index is 1.58. The average Bonchev–Trinajstić information content (AvgIpc) is 3.51. The number of rotatable bonds is 5. The van der Waals surface area contributed by atoms with E-state index in [1.807, 2.05) is 48.5 Å². The van der Waals surface area contributed by atoms with Gasteiger partial charge in [0.15, 0.2) is 0 Å². The third-order valence-electron chi connectivity index (χ3n) is 4.89. The maximum Gasteiger partial charge on any atom is 0.365 e. The third kappa shape index (κ3) is 4.74. The van der Waals surface area contributed by atoms with Crippen LogP contribution in [0.2, 0.25) is 5.02 Å². The van der Waals surface area contributed by atoms with E-state index in [1.54, 1.807) is 0 Å². The van der Waals surface area contributed by atoms with Crippen molar-refractivity contribution in [3.63, 3.8) is 0 Å². The van der Waals surface area contributed by atoms with Gasteiger partial charge < -0.3 is 4.84 Å². The fraction of sp³-hybridized carbons (Fsp3) is 0.130. The molecule has 3 aromatic rings. The minimum absolute atomic E-state index is 0.137. The van der Waals surface area contributed by atoms with Gasteiger partial charge in [0, 0.05) is 15.4 Å². The van der Waals surface area contributed by atoms with Crippen LogP contribution in [0.1, 0.15) is 33.8 Å². The van der Waals surface area contributed by atoms with E-state index in [1.165, 1.54) is 29.8 Å². The molecule has 3 nitrogen and oxygen atoms in total. The van der Waals surface area contributed by atoms with Crippen molar-refractivity contribution in [1.29, 1.82) is 0 Å². The lowest BCUT2D eigenvalue weighted by Crippen LogP contribution is -2.09. The maximum absolute atomic E-state index is 13.1. The molecule has 0 spiro atoms. The van der Waals surface area contributed by atoms with Crippen LogP contribution in [0.4, 0.5) is 4.39 Å². The van der Waals surface area contributed by atoms with E-state index in [-0.39, 0.29) is 11.5 Å². The molecule has 0 amide bonds. The molecule has 1 aliphatic carbocycles. The normalized spacial score (nSPS) is 18.4. The van der Waals surface area contributed by atoms with Gasteiger partial charge in [-0.25, -0.2) is 9.18 Å². The molecule has 0 unspecified atom stereocenters. The predicted octanol–water partition coefficient (Wildman–Crippen LogP) is 6.61. The quantitative estimate of drug-likeness (QED) is 0.238. The summed E-state index contributed by atoms with van der Waals surface area (Å²) in [7, 11) is 0. The summed E-state index contributed by atoms with van der Waals surface area (Å²) >= 11 is 9.42. The summed E-state index contributed by atoms with van der Waals surface area (Å²) < 4.78 is 14.0. The first-order chi connectivity index (χ1) is 14.0. The van der Waals surface area contributed by atoms with Crippen molar-refractivity contribution in [1.82, 2.24) is 0 Å². The lowest BCUT2D eigenvalue weighted by atomic mass is 10.0. The zero-order chi connectivity index (χ0) is 20.4. The van der Waals surface area contributed by atoms with E-state index in [4.69, 9.17) is 16.4 Å². The summed E-state index contributed by atoms with van der Waals surface area (Å²) in [5.74, 6) is -0.606. The molecular weight excluding hydrogens is 457 g/mol. The second-order valence-corrected chi connectivity index (χ2v) is 8.22. The van der Waals surface area contributed by atoms with Crippen LogP contribution in [0.3, 0.4) is 0 Å². The van der Waals surface area contributed by atoms with Crippen molar-refractivity contribution in [3.05, 3.63) is 105 Å². The van der Waals surface area contributed by atoms with E-state index in [9.17, 15) is 9.18 Å². The highest BCUT2D eigenvalue weighted by atomic mass is 79.9. The number of nitrogens with zero attached hydrogens (tertiary/aromatic N) is 1. The Morgan fingerprint density at radius 2 is 1.59 bits per heavy atom. The van der Waals surface area contributed by atoms with Crippen LogP contribution in [0.25, 0.3) is 0 Å². The number of carbonyl (C=O) groups is 1. The first kappa shape index (κ1) is 19.8. The molecule has 0 aromatic heterocycles. The molecule has 2 atom stereocenters. The number of hydrogen-bond donors (Lipinski definition) is 0. The predicted molar refractivity (Wildman–Crippen MR) is 115 cm³/mol. The van der Waals surface area contributed by atoms with Crippen LogP contribution >= 0.6 is 27.5 Å². The van der Waals surface area contributed by atoms with Crippen LogP contribution in [-0.4, -0.2) is 11.7 Å². The molecule has 29 heavy (non-hydrogen) atoms. The molecule has 0 bridgehead atoms. The summed E-state index contributed by atoms with van der Waals surface area (Å²) in [6.45, 7) is 0. The van der Waals surface area contributed by atoms with Gasteiger partial charge in [0.1, 0.15) is 5.82 Å². The Hall–Kier alpha value is -2.50. The Labute approximate surface area is 181 Å². The second-order valence-electron chi connectivity index (χ2n) is 6.87. The molecule has 1 fully saturated rings. The van der Waals surface area contributed by atoms with Gasteiger partial charge in [-0.15, -0.1) is 0 Å². The van der Waals surface area contributed by atoms with Crippen LogP contribution in [0.15, 0.2) is 82.4 Å². The van der Waals surface area contributed by atoms with Gasteiger partial charge >= 0.3 is 5.97 Å². The molecule has 0 saturated heterocycles. The van der Waals surface area contributed by atoms with Crippen LogP contribution in [-0.2, 0) is 4.84 Å². The van der Waals surface area contributed by atoms with Gasteiger partial charge in [0.05, 0.1) is 11.3 Å². The smallest absolute Gasteiger partial charge is 0.313 e. The standard InChI is InChI=1S/C23H16BrClFNO2/c24-17-7-1-15(2-8-17)22(21-13-20(21)14-3-9-18(25)10-4-14)27-29-23(28)16-5-11-19(26)12-6-16/h1-12,20-21H,13H2/b27-22-/t20-,21+/m0/s1. The summed E-state index contributed by atoms with van der Waals surface area (Å²) in [6.07, 6.45) is 0.907. The molecule has 3 aromatic carbocycles. The van der Waals surface area contributed by atoms with E-state index >= 15 is 0 Å². The monoisotopic (exact) mass is 471 g/mol. The molecule has 1 saturated carbocycles. The average molecular weight is 473 g/mol. The third-order valence-corrected chi connectivity index (χ3v) is 5.67. The molecule has 0 radical (unpaired) electrons. The zero-order valence-electron chi connectivity index (χ0n) is 15.2. The van der Waals surface area contributed by atoms with Crippen molar-refractivity contribution < 1.29 is 14.0 Å². The summed E-state index contributed by atoms with van der Waals surface area (Å²) in [5.41, 5.74) is 3.03. The highest BCUT2D eigenvalue weighted by Gasteiger charge is 2.43. The molecule has 4 rings (SSSR count). The number of oxime groups is 1. The van der Waals surface area contributed by atoms with Gasteiger partial charge in [-0.2, -0.15) is 0 Å². The lowest BCUT2D eigenvalue weighted by molar-refractivity contribution is 0.0515. The number of hydrogen-bond acceptors (Lipinski definition) is 3. The van der Waals surface area contributed by atoms with Gasteiger partial charge in [-0.05, 0) is 72.0 Å². The second kappa shape index (κ2) is 8.47. The SMILES string of the molecule is O=C(O/N=C(/c1ccc(Br)cc1)[C@@H]1C[C@H]1c1ccc(Cl)cc1)c1ccc(F)cc1. The number of benzene rings is 3. The number of halogens is 3. The molecule has 1 aliphatic rings. The summed E-state index contributed by atoms with van der Waals surface area (Å²) in [5, 5.41) is 4.91. The van der Waals surface area contributed by atoms with Gasteiger partial charge in [-0.1, -0.05) is 57.0 Å². The lowest BCUT2D eigenvalue weighted by Gasteiger charge is -2.07. The molecule has 0 aliphatic heterocycles. The number of carbonyl (C=O) groups excluding carboxylic acids is 1. The van der Waals surface area contributed by atoms with E-state index in [0.29, 0.717) is 16.7 Å². The topological polar surface area (TPSA) is 38.7 Å². The van der Waals surface area contributed by atoms with Crippen molar-refractivity contribution in [3.8, 4) is 0 Å². The first-order valence-corrected chi connectivity index (χ1v) is 10.2. The summed E-state index contributed by atoms with van der Waals surface area (Å²) in [4.78, 5) is 17.5. The molecule has 0 heterocycles. The fourth-order valence-electron chi connectivity index (χ4n) is 3.26. The zero-order valence-corrected chi connectivity index (χ0v) is 17.5. The largest absolute Gasteiger partial charge is 0.365 e. The molecular formula is C23H16BrClFNO2. The van der Waals surface area contributed by atoms with Crippen molar-refractivity contribution in [2.24, 2.45) is 11.1 Å². The molecule has 6 heteroatoms. The Morgan fingerprint density at radius 1 is 0.966 bits per heavy atom. The van der Waals surface area contributed by atoms with Crippen molar-refractivity contribution in [2.75, 3.05) is 0 Å². The van der Waals surface area contributed by atoms with E-state index in [2.05, 4.69) is 21.1 Å². The van der Waals surface area contributed by atoms with Crippen LogP contribution < -0.4 is 0 Å². The highest BCUT2D eigenvalue weighted by molar-refractivity contribution is 9.10. The van der Waals surface area contributed by atoms with Gasteiger partial charge in [0.2, 0.25) is 0 Å². The Morgan fingerprint density at radius 3 is 2.24 bits per heavy atom. The first-order valence-electron chi connectivity index (χ1n) is 9.07. The fourth-order valence-corrected chi connectivity index (χ4v) is 3.65. The van der Waals surface area contributed by atoms with Crippen molar-refractivity contribution >= 4 is 39.2 Å². The Kier molecular flexibility index (Phi) is 5.79. The van der Waals surface area contributed by atoms with E-state index < -0.39 is 11.8 Å². The van der Waals surface area contributed by atoms with Crippen LogP contribution in [0, 0.1) is 11.7 Å². The molecule has 0 N–H and O–H groups in total. The Bertz CT molecular complexity index is 1050. The van der Waals surface area contributed by atoms with E-state index in [0.717, 1.165) is 16.5 Å².